The van der Waals surface area contributed by atoms with Crippen LogP contribution in [0.25, 0.3) is 0 Å². The monoisotopic (exact) mass is 230 g/mol. The van der Waals surface area contributed by atoms with Gasteiger partial charge < -0.3 is 10.6 Å². The Kier molecular flexibility index (Phi) is 2.95. The molecule has 0 aromatic rings. The SMILES string of the molecule is CCNC1=C2C(=O)C=CC(NC)=C2C(=O)C=C1. The summed E-state index contributed by atoms with van der Waals surface area (Å²) in [7, 11) is 1.73. The number of carbonyl (C=O) groups is 2. The average Bonchev–Trinajstić information content (AvgIpc) is 2.33. The van der Waals surface area contributed by atoms with E-state index in [1.54, 1.807) is 19.2 Å². The van der Waals surface area contributed by atoms with Crippen molar-refractivity contribution >= 4 is 11.6 Å². The van der Waals surface area contributed by atoms with Crippen LogP contribution in [0.1, 0.15) is 6.92 Å². The van der Waals surface area contributed by atoms with Gasteiger partial charge in [-0.2, -0.15) is 0 Å². The van der Waals surface area contributed by atoms with E-state index < -0.39 is 0 Å². The van der Waals surface area contributed by atoms with Gasteiger partial charge in [-0.25, -0.2) is 0 Å². The third kappa shape index (κ3) is 1.82. The minimum absolute atomic E-state index is 0.132. The topological polar surface area (TPSA) is 58.2 Å². The maximum Gasteiger partial charge on any atom is 0.188 e. The first-order chi connectivity index (χ1) is 8.19. The average molecular weight is 230 g/mol. The number of likely N-dealkylation sites (N-methyl/N-ethyl adjacent to an activating group) is 2. The molecule has 0 fully saturated rings. The summed E-state index contributed by atoms with van der Waals surface area (Å²) in [6.45, 7) is 2.65. The molecule has 4 nitrogen and oxygen atoms in total. The third-order valence-electron chi connectivity index (χ3n) is 2.72. The summed E-state index contributed by atoms with van der Waals surface area (Å²) in [6, 6.07) is 0. The lowest BCUT2D eigenvalue weighted by Crippen LogP contribution is -2.27. The Balaban J connectivity index is 2.62. The maximum atomic E-state index is 11.9. The zero-order valence-electron chi connectivity index (χ0n) is 9.83. The van der Waals surface area contributed by atoms with Crippen LogP contribution in [0.5, 0.6) is 0 Å². The minimum atomic E-state index is -0.135. The Morgan fingerprint density at radius 2 is 1.47 bits per heavy atom. The predicted octanol–water partition coefficient (Wildman–Crippen LogP) is 0.601. The van der Waals surface area contributed by atoms with Gasteiger partial charge in [0.2, 0.25) is 0 Å². The highest BCUT2D eigenvalue weighted by Crippen LogP contribution is 2.28. The molecule has 0 bridgehead atoms. The number of fused-ring (bicyclic) bond motifs is 1. The second kappa shape index (κ2) is 4.41. The van der Waals surface area contributed by atoms with Gasteiger partial charge in [-0.1, -0.05) is 0 Å². The molecule has 0 saturated carbocycles. The van der Waals surface area contributed by atoms with Crippen LogP contribution in [0.2, 0.25) is 0 Å². The standard InChI is InChI=1S/C13H14N2O2/c1-3-15-9-5-7-10(16)12-8(14-2)4-6-11(17)13(9)12/h4-7,14-15H,3H2,1-2H3. The summed E-state index contributed by atoms with van der Waals surface area (Å²) < 4.78 is 0. The fraction of sp³-hybridized carbons (Fsp3) is 0.231. The number of ketones is 2. The summed E-state index contributed by atoms with van der Waals surface area (Å²) in [5.41, 5.74) is 2.32. The Labute approximate surface area is 99.8 Å². The summed E-state index contributed by atoms with van der Waals surface area (Å²) in [6.07, 6.45) is 6.27. The molecule has 0 aromatic carbocycles. The molecule has 2 rings (SSSR count). The Morgan fingerprint density at radius 3 is 2.00 bits per heavy atom. The lowest BCUT2D eigenvalue weighted by Gasteiger charge is -2.22. The van der Waals surface area contributed by atoms with Gasteiger partial charge in [0, 0.05) is 25.0 Å². The van der Waals surface area contributed by atoms with E-state index in [1.807, 2.05) is 6.92 Å². The van der Waals surface area contributed by atoms with Crippen LogP contribution in [-0.2, 0) is 9.59 Å². The lowest BCUT2D eigenvalue weighted by atomic mass is 9.86. The van der Waals surface area contributed by atoms with Crippen molar-refractivity contribution in [3.05, 3.63) is 46.8 Å². The minimum Gasteiger partial charge on any atom is -0.388 e. The molecule has 0 saturated heterocycles. The van der Waals surface area contributed by atoms with E-state index in [-0.39, 0.29) is 11.6 Å². The van der Waals surface area contributed by atoms with Crippen LogP contribution in [0.4, 0.5) is 0 Å². The second-order valence-electron chi connectivity index (χ2n) is 3.75. The number of hydrogen-bond acceptors (Lipinski definition) is 4. The van der Waals surface area contributed by atoms with Crippen LogP contribution in [0, 0.1) is 0 Å². The van der Waals surface area contributed by atoms with Crippen LogP contribution >= 0.6 is 0 Å². The quantitative estimate of drug-likeness (QED) is 0.745. The van der Waals surface area contributed by atoms with Crippen molar-refractivity contribution in [2.45, 2.75) is 6.92 Å². The van der Waals surface area contributed by atoms with Gasteiger partial charge in [0.05, 0.1) is 11.1 Å². The Morgan fingerprint density at radius 1 is 0.941 bits per heavy atom. The molecule has 0 atom stereocenters. The molecule has 2 N–H and O–H groups in total. The van der Waals surface area contributed by atoms with Gasteiger partial charge in [0.15, 0.2) is 11.6 Å². The maximum absolute atomic E-state index is 11.9. The first-order valence-electron chi connectivity index (χ1n) is 5.54. The van der Waals surface area contributed by atoms with E-state index in [0.717, 1.165) is 0 Å². The van der Waals surface area contributed by atoms with E-state index in [2.05, 4.69) is 10.6 Å². The largest absolute Gasteiger partial charge is 0.388 e. The number of hydrogen-bond donors (Lipinski definition) is 2. The number of nitrogens with one attached hydrogen (secondary N) is 2. The van der Waals surface area contributed by atoms with Crippen LogP contribution in [0.3, 0.4) is 0 Å². The molecule has 17 heavy (non-hydrogen) atoms. The molecule has 88 valence electrons. The van der Waals surface area contributed by atoms with E-state index in [0.29, 0.717) is 29.1 Å². The van der Waals surface area contributed by atoms with Crippen LogP contribution in [0.15, 0.2) is 46.8 Å². The van der Waals surface area contributed by atoms with Crippen molar-refractivity contribution < 1.29 is 9.59 Å². The summed E-state index contributed by atoms with van der Waals surface area (Å²) in [5.74, 6) is -0.267. The van der Waals surface area contributed by atoms with Crippen molar-refractivity contribution in [1.82, 2.24) is 10.6 Å². The van der Waals surface area contributed by atoms with Crippen molar-refractivity contribution in [3.63, 3.8) is 0 Å². The van der Waals surface area contributed by atoms with Gasteiger partial charge >= 0.3 is 0 Å². The fourth-order valence-electron chi connectivity index (χ4n) is 1.98. The third-order valence-corrected chi connectivity index (χ3v) is 2.72. The van der Waals surface area contributed by atoms with Gasteiger partial charge in [-0.05, 0) is 31.2 Å². The van der Waals surface area contributed by atoms with E-state index in [1.165, 1.54) is 12.2 Å². The van der Waals surface area contributed by atoms with E-state index >= 15 is 0 Å². The lowest BCUT2D eigenvalue weighted by molar-refractivity contribution is -0.114. The molecule has 0 amide bonds. The molecule has 0 heterocycles. The molecule has 0 aliphatic heterocycles. The normalized spacial score (nSPS) is 18.7. The number of rotatable bonds is 3. The molecule has 0 spiro atoms. The highest BCUT2D eigenvalue weighted by molar-refractivity contribution is 6.23. The smallest absolute Gasteiger partial charge is 0.188 e. The van der Waals surface area contributed by atoms with Gasteiger partial charge in [-0.3, -0.25) is 9.59 Å². The highest BCUT2D eigenvalue weighted by atomic mass is 16.1. The molecule has 0 aromatic heterocycles. The van der Waals surface area contributed by atoms with Gasteiger partial charge in [0.1, 0.15) is 0 Å². The summed E-state index contributed by atoms with van der Waals surface area (Å²) >= 11 is 0. The zero-order valence-corrected chi connectivity index (χ0v) is 9.83. The van der Waals surface area contributed by atoms with Gasteiger partial charge in [-0.15, -0.1) is 0 Å². The van der Waals surface area contributed by atoms with Gasteiger partial charge in [0.25, 0.3) is 0 Å². The summed E-state index contributed by atoms with van der Waals surface area (Å²) in [5, 5.41) is 6.04. The van der Waals surface area contributed by atoms with Crippen molar-refractivity contribution in [2.24, 2.45) is 0 Å². The molecule has 4 heteroatoms. The number of allylic oxidation sites excluding steroid dienone is 6. The Bertz CT molecular complexity index is 508. The summed E-state index contributed by atoms with van der Waals surface area (Å²) in [4.78, 5) is 23.7. The molecule has 0 unspecified atom stereocenters. The van der Waals surface area contributed by atoms with Crippen molar-refractivity contribution in [1.29, 1.82) is 0 Å². The second-order valence-corrected chi connectivity index (χ2v) is 3.75. The fourth-order valence-corrected chi connectivity index (χ4v) is 1.98. The molecular weight excluding hydrogens is 216 g/mol. The molecule has 2 aliphatic carbocycles. The van der Waals surface area contributed by atoms with Crippen molar-refractivity contribution in [2.75, 3.05) is 13.6 Å². The van der Waals surface area contributed by atoms with E-state index in [9.17, 15) is 9.59 Å². The number of carbonyl (C=O) groups excluding carboxylic acids is 2. The zero-order chi connectivity index (χ0) is 12.4. The predicted molar refractivity (Wildman–Crippen MR) is 65.1 cm³/mol. The van der Waals surface area contributed by atoms with Crippen LogP contribution in [-0.4, -0.2) is 25.2 Å². The molecule has 0 radical (unpaired) electrons. The highest BCUT2D eigenvalue weighted by Gasteiger charge is 2.29. The molecular formula is C13H14N2O2. The van der Waals surface area contributed by atoms with Crippen molar-refractivity contribution in [3.8, 4) is 0 Å². The first-order valence-corrected chi connectivity index (χ1v) is 5.54. The molecule has 2 aliphatic rings. The van der Waals surface area contributed by atoms with E-state index in [4.69, 9.17) is 0 Å². The first kappa shape index (κ1) is 11.4. The Hall–Kier alpha value is -2.10. The van der Waals surface area contributed by atoms with Crippen LogP contribution < -0.4 is 10.6 Å².